The normalized spacial score (nSPS) is 13.4. The van der Waals surface area contributed by atoms with Gasteiger partial charge in [0, 0.05) is 23.6 Å². The second-order valence-corrected chi connectivity index (χ2v) is 4.79. The lowest BCUT2D eigenvalue weighted by atomic mass is 9.81. The van der Waals surface area contributed by atoms with Gasteiger partial charge >= 0.3 is 5.97 Å². The van der Waals surface area contributed by atoms with Crippen LogP contribution in [0.4, 0.5) is 4.39 Å². The van der Waals surface area contributed by atoms with E-state index >= 15 is 0 Å². The van der Waals surface area contributed by atoms with Crippen molar-refractivity contribution in [2.75, 3.05) is 6.61 Å². The largest absolute Gasteiger partial charge is 0.507 e. The smallest absolute Gasteiger partial charge is 0.339 e. The molecule has 18 heavy (non-hydrogen) atoms. The monoisotopic (exact) mass is 257 g/mol. The summed E-state index contributed by atoms with van der Waals surface area (Å²) in [5.41, 5.74) is 4.19. The Balaban J connectivity index is 3.40. The Morgan fingerprint density at radius 2 is 2.06 bits per heavy atom. The highest BCUT2D eigenvalue weighted by Gasteiger charge is 2.32. The molecule has 6 heteroatoms. The number of aromatic hydroxyl groups is 1. The highest BCUT2D eigenvalue weighted by molar-refractivity contribution is 5.91. The number of hydrogen-bond donors (Lipinski definition) is 4. The molecule has 0 bridgehead atoms. The summed E-state index contributed by atoms with van der Waals surface area (Å²) in [6.45, 7) is 2.85. The molecular formula is C12H16FNO4. The van der Waals surface area contributed by atoms with Gasteiger partial charge in [0.05, 0.1) is 0 Å². The van der Waals surface area contributed by atoms with Crippen LogP contribution in [0.5, 0.6) is 5.75 Å². The fourth-order valence-electron chi connectivity index (χ4n) is 1.54. The summed E-state index contributed by atoms with van der Waals surface area (Å²) in [5.74, 6) is -2.87. The number of hydrogen-bond acceptors (Lipinski definition) is 4. The van der Waals surface area contributed by atoms with E-state index in [4.69, 9.17) is 10.8 Å². The van der Waals surface area contributed by atoms with E-state index in [1.165, 1.54) is 0 Å². The van der Waals surface area contributed by atoms with E-state index in [1.807, 2.05) is 0 Å². The third kappa shape index (κ3) is 2.44. The first-order chi connectivity index (χ1) is 8.22. The average molecular weight is 257 g/mol. The number of carboxylic acid groups (broad SMARTS) is 1. The molecule has 0 spiro atoms. The number of aromatic carboxylic acids is 1. The topological polar surface area (TPSA) is 104 Å². The lowest BCUT2D eigenvalue weighted by molar-refractivity contribution is 0.0693. The first-order valence-corrected chi connectivity index (χ1v) is 5.33. The Morgan fingerprint density at radius 1 is 1.50 bits per heavy atom. The minimum Gasteiger partial charge on any atom is -0.507 e. The number of carbonyl (C=O) groups is 1. The molecule has 0 saturated heterocycles. The van der Waals surface area contributed by atoms with Gasteiger partial charge in [0.2, 0.25) is 0 Å². The summed E-state index contributed by atoms with van der Waals surface area (Å²) in [6, 6.07) is 0.878. The van der Waals surface area contributed by atoms with E-state index in [2.05, 4.69) is 0 Å². The number of aliphatic hydroxyl groups is 1. The summed E-state index contributed by atoms with van der Waals surface area (Å²) in [7, 11) is 0. The van der Waals surface area contributed by atoms with Crippen LogP contribution in [0.25, 0.3) is 0 Å². The first-order valence-electron chi connectivity index (χ1n) is 5.33. The van der Waals surface area contributed by atoms with Gasteiger partial charge in [0.25, 0.3) is 0 Å². The SMILES string of the molecule is CC(C)(CO)[C@@H](N)c1c(F)ccc(C(=O)O)c1O. The number of rotatable bonds is 4. The molecule has 5 nitrogen and oxygen atoms in total. The van der Waals surface area contributed by atoms with E-state index in [0.29, 0.717) is 0 Å². The summed E-state index contributed by atoms with van der Waals surface area (Å²) in [6.07, 6.45) is 0. The first kappa shape index (κ1) is 14.4. The molecular weight excluding hydrogens is 241 g/mol. The number of carboxylic acids is 1. The van der Waals surface area contributed by atoms with Crippen molar-refractivity contribution >= 4 is 5.97 Å². The van der Waals surface area contributed by atoms with Gasteiger partial charge in [-0.25, -0.2) is 9.18 Å². The van der Waals surface area contributed by atoms with Crippen molar-refractivity contribution in [3.05, 3.63) is 29.1 Å². The maximum atomic E-state index is 13.7. The molecule has 5 N–H and O–H groups in total. The second kappa shape index (κ2) is 4.91. The molecule has 0 aromatic heterocycles. The van der Waals surface area contributed by atoms with Gasteiger partial charge in [-0.2, -0.15) is 0 Å². The van der Waals surface area contributed by atoms with Crippen molar-refractivity contribution in [2.24, 2.45) is 11.1 Å². The second-order valence-electron chi connectivity index (χ2n) is 4.79. The standard InChI is InChI=1S/C12H16FNO4/c1-12(2,5-15)10(14)8-7(13)4-3-6(9(8)16)11(17)18/h3-4,10,15-16H,5,14H2,1-2H3,(H,17,18)/t10-/m0/s1. The molecule has 1 atom stereocenters. The molecule has 0 aliphatic heterocycles. The van der Waals surface area contributed by atoms with Crippen LogP contribution in [0.15, 0.2) is 12.1 Å². The predicted octanol–water partition coefficient (Wildman–Crippen LogP) is 1.25. The maximum Gasteiger partial charge on any atom is 0.339 e. The van der Waals surface area contributed by atoms with Crippen LogP contribution in [0.1, 0.15) is 35.8 Å². The van der Waals surface area contributed by atoms with Gasteiger partial charge in [-0.1, -0.05) is 13.8 Å². The molecule has 0 unspecified atom stereocenters. The molecule has 1 aromatic rings. The van der Waals surface area contributed by atoms with Crippen LogP contribution in [-0.2, 0) is 0 Å². The van der Waals surface area contributed by atoms with Gasteiger partial charge in [-0.05, 0) is 12.1 Å². The Bertz CT molecular complexity index is 473. The van der Waals surface area contributed by atoms with E-state index in [-0.39, 0.29) is 12.2 Å². The molecule has 0 fully saturated rings. The van der Waals surface area contributed by atoms with Gasteiger partial charge in [-0.3, -0.25) is 0 Å². The van der Waals surface area contributed by atoms with Crippen molar-refractivity contribution in [2.45, 2.75) is 19.9 Å². The van der Waals surface area contributed by atoms with Crippen molar-refractivity contribution in [1.29, 1.82) is 0 Å². The Labute approximate surface area is 104 Å². The molecule has 0 saturated carbocycles. The van der Waals surface area contributed by atoms with Crippen LogP contribution in [0.2, 0.25) is 0 Å². The molecule has 0 aliphatic carbocycles. The summed E-state index contributed by atoms with van der Waals surface area (Å²) < 4.78 is 13.7. The van der Waals surface area contributed by atoms with Crippen molar-refractivity contribution in [3.8, 4) is 5.75 Å². The molecule has 1 rings (SSSR count). The maximum absolute atomic E-state index is 13.7. The van der Waals surface area contributed by atoms with Gasteiger partial charge in [0.15, 0.2) is 0 Å². The van der Waals surface area contributed by atoms with E-state index in [1.54, 1.807) is 13.8 Å². The summed E-state index contributed by atoms with van der Waals surface area (Å²) in [4.78, 5) is 10.9. The fraction of sp³-hybridized carbons (Fsp3) is 0.417. The molecule has 1 aromatic carbocycles. The molecule has 100 valence electrons. The van der Waals surface area contributed by atoms with Crippen LogP contribution >= 0.6 is 0 Å². The average Bonchev–Trinajstić information content (AvgIpc) is 2.28. The van der Waals surface area contributed by atoms with E-state index in [9.17, 15) is 19.4 Å². The van der Waals surface area contributed by atoms with Gasteiger partial charge < -0.3 is 21.1 Å². The fourth-order valence-corrected chi connectivity index (χ4v) is 1.54. The third-order valence-electron chi connectivity index (χ3n) is 2.95. The van der Waals surface area contributed by atoms with Crippen molar-refractivity contribution < 1.29 is 24.5 Å². The number of phenols is 1. The Hall–Kier alpha value is -1.66. The minimum atomic E-state index is -1.37. The molecule has 0 amide bonds. The zero-order valence-corrected chi connectivity index (χ0v) is 10.1. The van der Waals surface area contributed by atoms with E-state index < -0.39 is 34.6 Å². The lowest BCUT2D eigenvalue weighted by Gasteiger charge is -2.30. The Morgan fingerprint density at radius 3 is 2.50 bits per heavy atom. The van der Waals surface area contributed by atoms with Gasteiger partial charge in [0.1, 0.15) is 17.1 Å². The highest BCUT2D eigenvalue weighted by atomic mass is 19.1. The quantitative estimate of drug-likeness (QED) is 0.650. The lowest BCUT2D eigenvalue weighted by Crippen LogP contribution is -2.33. The Kier molecular flexibility index (Phi) is 3.93. The van der Waals surface area contributed by atoms with E-state index in [0.717, 1.165) is 12.1 Å². The van der Waals surface area contributed by atoms with Crippen LogP contribution in [-0.4, -0.2) is 27.9 Å². The molecule has 0 aliphatic rings. The van der Waals surface area contributed by atoms with Crippen LogP contribution in [0.3, 0.4) is 0 Å². The summed E-state index contributed by atoms with van der Waals surface area (Å²) in [5, 5.41) is 27.8. The molecule has 0 radical (unpaired) electrons. The predicted molar refractivity (Wildman–Crippen MR) is 62.8 cm³/mol. The summed E-state index contributed by atoms with van der Waals surface area (Å²) >= 11 is 0. The minimum absolute atomic E-state index is 0.297. The van der Waals surface area contributed by atoms with Crippen LogP contribution in [0, 0.1) is 11.2 Å². The highest BCUT2D eigenvalue weighted by Crippen LogP contribution is 2.38. The zero-order valence-electron chi connectivity index (χ0n) is 10.1. The zero-order chi connectivity index (χ0) is 14.1. The molecule has 0 heterocycles. The number of benzene rings is 1. The number of nitrogens with two attached hydrogens (primary N) is 1. The van der Waals surface area contributed by atoms with Crippen molar-refractivity contribution in [1.82, 2.24) is 0 Å². The van der Waals surface area contributed by atoms with Crippen molar-refractivity contribution in [3.63, 3.8) is 0 Å². The van der Waals surface area contributed by atoms with Gasteiger partial charge in [-0.15, -0.1) is 0 Å². The number of halogens is 1. The number of aliphatic hydroxyl groups excluding tert-OH is 1. The van der Waals surface area contributed by atoms with Crippen LogP contribution < -0.4 is 5.73 Å². The third-order valence-corrected chi connectivity index (χ3v) is 2.95.